The lowest BCUT2D eigenvalue weighted by Crippen LogP contribution is -2.35. The zero-order valence-electron chi connectivity index (χ0n) is 11.6. The number of aliphatic imine (C=N–C) groups is 1. The van der Waals surface area contributed by atoms with Gasteiger partial charge in [-0.1, -0.05) is 6.04 Å². The monoisotopic (exact) mass is 261 g/mol. The second-order valence-electron chi connectivity index (χ2n) is 3.59. The van der Waals surface area contributed by atoms with E-state index in [2.05, 4.69) is 15.6 Å². The summed E-state index contributed by atoms with van der Waals surface area (Å²) in [5, 5.41) is 6.23. The van der Waals surface area contributed by atoms with E-state index in [1.54, 1.807) is 7.05 Å². The summed E-state index contributed by atoms with van der Waals surface area (Å²) in [6, 6.07) is 1.22. The van der Waals surface area contributed by atoms with E-state index < -0.39 is 0 Å². The Hall–Kier alpha value is -0.593. The third kappa shape index (κ3) is 9.14. The standard InChI is InChI=1S/C11H27N3O2Si/c1-5-15-11(16-6-2)17-9-7-8-14-10(12-3)13-4/h11H,5-9,17H2,1-4H3,(H2,12,13,14). The summed E-state index contributed by atoms with van der Waals surface area (Å²) in [6.45, 7) is 6.45. The first-order valence-corrected chi connectivity index (χ1v) is 8.21. The average molecular weight is 261 g/mol. The van der Waals surface area contributed by atoms with Crippen LogP contribution in [0.2, 0.25) is 6.04 Å². The first-order chi connectivity index (χ1) is 8.28. The van der Waals surface area contributed by atoms with Crippen LogP contribution in [0.15, 0.2) is 4.99 Å². The van der Waals surface area contributed by atoms with Crippen molar-refractivity contribution in [2.24, 2.45) is 4.99 Å². The predicted octanol–water partition coefficient (Wildman–Crippen LogP) is 0.115. The summed E-state index contributed by atoms with van der Waals surface area (Å²) in [6.07, 6.45) is 1.14. The minimum Gasteiger partial charge on any atom is -0.359 e. The van der Waals surface area contributed by atoms with Crippen molar-refractivity contribution in [1.29, 1.82) is 0 Å². The number of ether oxygens (including phenoxy) is 2. The van der Waals surface area contributed by atoms with Crippen LogP contribution in [-0.2, 0) is 9.47 Å². The summed E-state index contributed by atoms with van der Waals surface area (Å²) in [4.78, 5) is 4.05. The molecule has 0 saturated carbocycles. The van der Waals surface area contributed by atoms with Crippen LogP contribution in [-0.4, -0.2) is 55.2 Å². The molecule has 0 amide bonds. The molecule has 5 nitrogen and oxygen atoms in total. The molecule has 102 valence electrons. The van der Waals surface area contributed by atoms with E-state index in [-0.39, 0.29) is 15.4 Å². The highest BCUT2D eigenvalue weighted by Gasteiger charge is 2.07. The fraction of sp³-hybridized carbons (Fsp3) is 0.909. The fourth-order valence-corrected chi connectivity index (χ4v) is 3.19. The van der Waals surface area contributed by atoms with Gasteiger partial charge in [0, 0.05) is 33.9 Å². The fourth-order valence-electron chi connectivity index (χ4n) is 1.51. The molecule has 6 heteroatoms. The van der Waals surface area contributed by atoms with E-state index in [1.165, 1.54) is 6.04 Å². The molecule has 0 aliphatic heterocycles. The molecule has 0 spiro atoms. The number of hydrogen-bond donors (Lipinski definition) is 2. The lowest BCUT2D eigenvalue weighted by atomic mass is 10.5. The summed E-state index contributed by atoms with van der Waals surface area (Å²) < 4.78 is 11.1. The van der Waals surface area contributed by atoms with E-state index in [0.29, 0.717) is 0 Å². The molecule has 0 aliphatic carbocycles. The second kappa shape index (κ2) is 11.9. The highest BCUT2D eigenvalue weighted by Crippen LogP contribution is 1.98. The van der Waals surface area contributed by atoms with Crippen molar-refractivity contribution >= 4 is 15.5 Å². The lowest BCUT2D eigenvalue weighted by molar-refractivity contribution is -0.0827. The molecule has 0 aliphatic rings. The largest absolute Gasteiger partial charge is 0.359 e. The van der Waals surface area contributed by atoms with Crippen molar-refractivity contribution in [1.82, 2.24) is 10.6 Å². The van der Waals surface area contributed by atoms with Gasteiger partial charge in [-0.25, -0.2) is 0 Å². The van der Waals surface area contributed by atoms with Gasteiger partial charge in [-0.05, 0) is 20.3 Å². The van der Waals surface area contributed by atoms with E-state index >= 15 is 0 Å². The van der Waals surface area contributed by atoms with Crippen LogP contribution in [0.4, 0.5) is 0 Å². The number of hydrogen-bond acceptors (Lipinski definition) is 3. The Bertz CT molecular complexity index is 197. The first kappa shape index (κ1) is 16.4. The zero-order valence-corrected chi connectivity index (χ0v) is 13.0. The molecule has 0 rings (SSSR count). The van der Waals surface area contributed by atoms with Gasteiger partial charge in [0.2, 0.25) is 0 Å². The molecule has 0 fully saturated rings. The van der Waals surface area contributed by atoms with Crippen molar-refractivity contribution in [2.75, 3.05) is 33.9 Å². The summed E-state index contributed by atoms with van der Waals surface area (Å²) in [7, 11) is 3.34. The molecule has 0 radical (unpaired) electrons. The van der Waals surface area contributed by atoms with Gasteiger partial charge in [-0.2, -0.15) is 0 Å². The topological polar surface area (TPSA) is 54.9 Å². The quantitative estimate of drug-likeness (QED) is 0.203. The summed E-state index contributed by atoms with van der Waals surface area (Å²) in [5.74, 6) is 0.937. The number of nitrogens with one attached hydrogen (secondary N) is 2. The molecule has 0 aromatic rings. The van der Waals surface area contributed by atoms with E-state index in [4.69, 9.17) is 9.47 Å². The van der Waals surface area contributed by atoms with Gasteiger partial charge in [-0.15, -0.1) is 0 Å². The Morgan fingerprint density at radius 2 is 1.94 bits per heavy atom. The number of guanidine groups is 1. The van der Waals surface area contributed by atoms with Gasteiger partial charge in [0.1, 0.15) is 5.91 Å². The normalized spacial score (nSPS) is 12.6. The zero-order chi connectivity index (χ0) is 12.9. The lowest BCUT2D eigenvalue weighted by Gasteiger charge is -2.16. The van der Waals surface area contributed by atoms with Crippen molar-refractivity contribution in [3.05, 3.63) is 0 Å². The van der Waals surface area contributed by atoms with E-state index in [0.717, 1.165) is 32.1 Å². The van der Waals surface area contributed by atoms with Crippen LogP contribution in [0.3, 0.4) is 0 Å². The minimum absolute atomic E-state index is 0.0913. The second-order valence-corrected chi connectivity index (χ2v) is 5.54. The van der Waals surface area contributed by atoms with Crippen molar-refractivity contribution < 1.29 is 9.47 Å². The molecule has 2 N–H and O–H groups in total. The molecule has 17 heavy (non-hydrogen) atoms. The van der Waals surface area contributed by atoms with Crippen LogP contribution < -0.4 is 10.6 Å². The Morgan fingerprint density at radius 3 is 2.41 bits per heavy atom. The van der Waals surface area contributed by atoms with Gasteiger partial charge in [0.15, 0.2) is 5.96 Å². The molecule has 0 saturated heterocycles. The number of rotatable bonds is 9. The molecule has 0 unspecified atom stereocenters. The molecule has 0 aromatic heterocycles. The SMILES string of the molecule is CCOC(OCC)[SiH2]CCCNC(=NC)NC. The maximum atomic E-state index is 5.54. The van der Waals surface area contributed by atoms with E-state index in [9.17, 15) is 0 Å². The summed E-state index contributed by atoms with van der Waals surface area (Å²) in [5.41, 5.74) is 0. The van der Waals surface area contributed by atoms with Gasteiger partial charge >= 0.3 is 0 Å². The Balaban J connectivity index is 3.53. The first-order valence-electron chi connectivity index (χ1n) is 6.40. The predicted molar refractivity (Wildman–Crippen MR) is 75.4 cm³/mol. The highest BCUT2D eigenvalue weighted by molar-refractivity contribution is 6.36. The van der Waals surface area contributed by atoms with Crippen LogP contribution in [0, 0.1) is 0 Å². The van der Waals surface area contributed by atoms with Crippen molar-refractivity contribution in [2.45, 2.75) is 32.2 Å². The van der Waals surface area contributed by atoms with Crippen LogP contribution in [0.1, 0.15) is 20.3 Å². The number of nitrogens with zero attached hydrogens (tertiary/aromatic N) is 1. The highest BCUT2D eigenvalue weighted by atomic mass is 28.2. The van der Waals surface area contributed by atoms with Gasteiger partial charge in [0.05, 0.1) is 9.52 Å². The summed E-state index contributed by atoms with van der Waals surface area (Å²) >= 11 is 0. The minimum atomic E-state index is -0.299. The van der Waals surface area contributed by atoms with Gasteiger partial charge in [-0.3, -0.25) is 4.99 Å². The van der Waals surface area contributed by atoms with E-state index in [1.807, 2.05) is 20.9 Å². The van der Waals surface area contributed by atoms with Gasteiger partial charge < -0.3 is 20.1 Å². The van der Waals surface area contributed by atoms with Crippen LogP contribution in [0.5, 0.6) is 0 Å². The van der Waals surface area contributed by atoms with Crippen molar-refractivity contribution in [3.8, 4) is 0 Å². The maximum absolute atomic E-state index is 5.54. The van der Waals surface area contributed by atoms with Crippen LogP contribution >= 0.6 is 0 Å². The molecule has 0 bridgehead atoms. The third-order valence-electron chi connectivity index (χ3n) is 2.32. The Labute approximate surface area is 107 Å². The average Bonchev–Trinajstić information content (AvgIpc) is 2.34. The smallest absolute Gasteiger partial charge is 0.190 e. The Morgan fingerprint density at radius 1 is 1.29 bits per heavy atom. The molecular formula is C11H27N3O2Si. The van der Waals surface area contributed by atoms with Crippen LogP contribution in [0.25, 0.3) is 0 Å². The molecule has 0 atom stereocenters. The molecular weight excluding hydrogens is 234 g/mol. The third-order valence-corrected chi connectivity index (χ3v) is 4.18. The van der Waals surface area contributed by atoms with Crippen molar-refractivity contribution in [3.63, 3.8) is 0 Å². The van der Waals surface area contributed by atoms with Gasteiger partial charge in [0.25, 0.3) is 0 Å². The molecule has 0 heterocycles. The maximum Gasteiger partial charge on any atom is 0.190 e. The Kier molecular flexibility index (Phi) is 11.5. The molecule has 0 aromatic carbocycles.